The molecule has 0 atom stereocenters. The lowest BCUT2D eigenvalue weighted by Gasteiger charge is -2.27. The first-order chi connectivity index (χ1) is 35.6. The standard InChI is InChI=1S/C64H74N6O2/c1-3-5-7-9-11-13-15-17-19-33-47-67-61(57-45-43-55(49-65-57)69(51-35-25-21-26-36-51)52-37-27-22-28-38-52)59-60(63(67)71)62(68(64(59)72)48-34-20-18-16-14-12-10-8-6-4-2)58-46-44-56(50-66-58)70(53-39-29-23-30-40-53)54-41-31-24-32-42-54/h15,17,21-32,35-46,49-50H,3-14,16,18-20,33-34,47-48H2,1-2H3/b17-15+. The van der Waals surface area contributed by atoms with Crippen molar-refractivity contribution in [1.29, 1.82) is 0 Å². The number of anilines is 6. The summed E-state index contributed by atoms with van der Waals surface area (Å²) in [5.74, 6) is -0.331. The van der Waals surface area contributed by atoms with E-state index in [0.29, 0.717) is 47.0 Å². The molecule has 0 spiro atoms. The van der Waals surface area contributed by atoms with Crippen LogP contribution in [0.1, 0.15) is 141 Å². The van der Waals surface area contributed by atoms with Gasteiger partial charge in [0.05, 0.1) is 57.7 Å². The van der Waals surface area contributed by atoms with Crippen LogP contribution in [0.4, 0.5) is 34.1 Å². The third-order valence-electron chi connectivity index (χ3n) is 13.9. The third kappa shape index (κ3) is 12.9. The SMILES string of the molecule is CCCCCCC/C=C/CCCN1C(=O)C2=C(c3ccc(N(c4ccccc4)c4ccccc4)cn3)N(CCCCCCCCCCCC)C(=O)C2=C1c1ccc(N(c2ccccc2)c2ccccc2)cn1. The van der Waals surface area contributed by atoms with Crippen LogP contribution in [0.5, 0.6) is 0 Å². The van der Waals surface area contributed by atoms with Crippen LogP contribution in [0.3, 0.4) is 0 Å². The van der Waals surface area contributed by atoms with Gasteiger partial charge < -0.3 is 19.6 Å². The Labute approximate surface area is 429 Å². The second-order valence-electron chi connectivity index (χ2n) is 19.2. The number of hydrogen-bond acceptors (Lipinski definition) is 6. The van der Waals surface area contributed by atoms with Crippen molar-refractivity contribution in [2.45, 2.75) is 129 Å². The van der Waals surface area contributed by atoms with Crippen LogP contribution in [-0.4, -0.2) is 44.7 Å². The number of hydrogen-bond donors (Lipinski definition) is 0. The predicted octanol–water partition coefficient (Wildman–Crippen LogP) is 16.8. The number of pyridine rings is 2. The maximum atomic E-state index is 15.3. The fourth-order valence-electron chi connectivity index (χ4n) is 10.1. The van der Waals surface area contributed by atoms with E-state index in [1.165, 1.54) is 77.0 Å². The minimum atomic E-state index is -0.170. The first kappa shape index (κ1) is 51.3. The van der Waals surface area contributed by atoms with Crippen LogP contribution < -0.4 is 9.80 Å². The molecule has 72 heavy (non-hydrogen) atoms. The summed E-state index contributed by atoms with van der Waals surface area (Å²) in [6, 6.07) is 49.1. The lowest BCUT2D eigenvalue weighted by molar-refractivity contribution is -0.124. The van der Waals surface area contributed by atoms with E-state index < -0.39 is 0 Å². The second kappa shape index (κ2) is 27.0. The molecule has 8 rings (SSSR count). The average molecular weight is 959 g/mol. The number of para-hydroxylation sites is 4. The van der Waals surface area contributed by atoms with Crippen molar-refractivity contribution < 1.29 is 9.59 Å². The van der Waals surface area contributed by atoms with E-state index in [0.717, 1.165) is 72.6 Å². The molecule has 8 heteroatoms. The zero-order chi connectivity index (χ0) is 49.7. The molecule has 0 radical (unpaired) electrons. The molecule has 2 aliphatic rings. The summed E-state index contributed by atoms with van der Waals surface area (Å²) < 4.78 is 0. The molecule has 0 unspecified atom stereocenters. The maximum Gasteiger partial charge on any atom is 0.261 e. The van der Waals surface area contributed by atoms with Gasteiger partial charge in [0.15, 0.2) is 0 Å². The van der Waals surface area contributed by atoms with Crippen molar-refractivity contribution in [2.24, 2.45) is 0 Å². The van der Waals surface area contributed by atoms with Gasteiger partial charge in [0.2, 0.25) is 0 Å². The Morgan fingerprint density at radius 3 is 1.07 bits per heavy atom. The topological polar surface area (TPSA) is 72.9 Å². The van der Waals surface area contributed by atoms with E-state index in [4.69, 9.17) is 9.97 Å². The summed E-state index contributed by atoms with van der Waals surface area (Å²) >= 11 is 0. The molecule has 6 aromatic rings. The molecule has 0 fully saturated rings. The molecule has 4 aromatic carbocycles. The Bertz CT molecular complexity index is 2620. The van der Waals surface area contributed by atoms with Crippen LogP contribution in [0, 0.1) is 0 Å². The third-order valence-corrected chi connectivity index (χ3v) is 13.9. The number of unbranched alkanes of at least 4 members (excludes halogenated alkanes) is 15. The van der Waals surface area contributed by atoms with E-state index in [1.807, 2.05) is 107 Å². The molecule has 8 nitrogen and oxygen atoms in total. The van der Waals surface area contributed by atoms with E-state index >= 15 is 9.59 Å². The molecule has 0 N–H and O–H groups in total. The quantitative estimate of drug-likeness (QED) is 0.0344. The summed E-state index contributed by atoms with van der Waals surface area (Å²) in [5, 5.41) is 0. The molecule has 2 aliphatic heterocycles. The van der Waals surface area contributed by atoms with Gasteiger partial charge in [0, 0.05) is 35.8 Å². The Morgan fingerprint density at radius 2 is 0.708 bits per heavy atom. The van der Waals surface area contributed by atoms with Crippen LogP contribution in [0.2, 0.25) is 0 Å². The Morgan fingerprint density at radius 1 is 0.375 bits per heavy atom. The van der Waals surface area contributed by atoms with Crippen molar-refractivity contribution in [3.63, 3.8) is 0 Å². The largest absolute Gasteiger partial charge is 0.309 e. The van der Waals surface area contributed by atoms with E-state index in [2.05, 4.69) is 96.5 Å². The molecule has 0 saturated heterocycles. The molecular weight excluding hydrogens is 885 g/mol. The van der Waals surface area contributed by atoms with E-state index in [-0.39, 0.29) is 11.8 Å². The Balaban J connectivity index is 1.15. The first-order valence-corrected chi connectivity index (χ1v) is 27.1. The monoisotopic (exact) mass is 959 g/mol. The molecule has 2 amide bonds. The average Bonchev–Trinajstić information content (AvgIpc) is 3.87. The number of fused-ring (bicyclic) bond motifs is 1. The van der Waals surface area contributed by atoms with Gasteiger partial charge >= 0.3 is 0 Å². The van der Waals surface area contributed by atoms with Crippen LogP contribution >= 0.6 is 0 Å². The number of allylic oxidation sites excluding steroid dienone is 2. The maximum absolute atomic E-state index is 15.3. The normalized spacial score (nSPS) is 13.5. The summed E-state index contributed by atoms with van der Waals surface area (Å²) in [6.45, 7) is 5.47. The highest BCUT2D eigenvalue weighted by molar-refractivity contribution is 6.30. The number of benzene rings is 4. The smallest absolute Gasteiger partial charge is 0.261 e. The zero-order valence-corrected chi connectivity index (χ0v) is 42.8. The first-order valence-electron chi connectivity index (χ1n) is 27.1. The van der Waals surface area contributed by atoms with Gasteiger partial charge in [-0.15, -0.1) is 0 Å². The van der Waals surface area contributed by atoms with Crippen molar-refractivity contribution in [3.8, 4) is 0 Å². The van der Waals surface area contributed by atoms with E-state index in [9.17, 15) is 0 Å². The lowest BCUT2D eigenvalue weighted by atomic mass is 10.1. The van der Waals surface area contributed by atoms with Gasteiger partial charge in [-0.1, -0.05) is 182 Å². The summed E-state index contributed by atoms with van der Waals surface area (Å²) in [6.07, 6.45) is 29.1. The van der Waals surface area contributed by atoms with Gasteiger partial charge in [0.25, 0.3) is 11.8 Å². The molecule has 0 saturated carbocycles. The second-order valence-corrected chi connectivity index (χ2v) is 19.2. The number of rotatable bonds is 29. The fraction of sp³-hybridized carbons (Fsp3) is 0.344. The van der Waals surface area contributed by atoms with Gasteiger partial charge in [-0.3, -0.25) is 19.6 Å². The number of aromatic nitrogens is 2. The van der Waals surface area contributed by atoms with Crippen molar-refractivity contribution in [3.05, 3.63) is 193 Å². The fourth-order valence-corrected chi connectivity index (χ4v) is 10.1. The Kier molecular flexibility index (Phi) is 19.2. The van der Waals surface area contributed by atoms with Crippen LogP contribution in [0.25, 0.3) is 11.4 Å². The number of carbonyl (C=O) groups is 2. The van der Waals surface area contributed by atoms with Crippen LogP contribution in [-0.2, 0) is 9.59 Å². The summed E-state index contributed by atoms with van der Waals surface area (Å²) in [5.41, 5.74) is 8.99. The van der Waals surface area contributed by atoms with Gasteiger partial charge in [-0.05, 0) is 105 Å². The highest BCUT2D eigenvalue weighted by Crippen LogP contribution is 2.47. The molecule has 372 valence electrons. The lowest BCUT2D eigenvalue weighted by Crippen LogP contribution is -2.31. The minimum absolute atomic E-state index is 0.160. The molecule has 4 heterocycles. The molecule has 0 bridgehead atoms. The summed E-state index contributed by atoms with van der Waals surface area (Å²) in [4.78, 5) is 48.9. The predicted molar refractivity (Wildman–Crippen MR) is 299 cm³/mol. The number of nitrogens with zero attached hydrogens (tertiary/aromatic N) is 6. The van der Waals surface area contributed by atoms with E-state index in [1.54, 1.807) is 0 Å². The van der Waals surface area contributed by atoms with Crippen molar-refractivity contribution >= 4 is 57.3 Å². The minimum Gasteiger partial charge on any atom is -0.309 e. The Hall–Kier alpha value is -7.06. The number of amides is 2. The zero-order valence-electron chi connectivity index (χ0n) is 42.8. The molecule has 0 aliphatic carbocycles. The van der Waals surface area contributed by atoms with Crippen molar-refractivity contribution in [2.75, 3.05) is 22.9 Å². The van der Waals surface area contributed by atoms with Gasteiger partial charge in [-0.25, -0.2) is 0 Å². The summed E-state index contributed by atoms with van der Waals surface area (Å²) in [7, 11) is 0. The number of carbonyl (C=O) groups excluding carboxylic acids is 2. The van der Waals surface area contributed by atoms with Crippen LogP contribution in [0.15, 0.2) is 181 Å². The molecular formula is C64H74N6O2. The highest BCUT2D eigenvalue weighted by Gasteiger charge is 2.49. The highest BCUT2D eigenvalue weighted by atomic mass is 16.2. The molecule has 2 aromatic heterocycles. The van der Waals surface area contributed by atoms with Gasteiger partial charge in [0.1, 0.15) is 0 Å². The van der Waals surface area contributed by atoms with Crippen molar-refractivity contribution in [1.82, 2.24) is 19.8 Å². The van der Waals surface area contributed by atoms with Gasteiger partial charge in [-0.2, -0.15) is 0 Å².